The molecule has 160 valence electrons. The van der Waals surface area contributed by atoms with Crippen molar-refractivity contribution in [2.45, 2.75) is 32.1 Å². The van der Waals surface area contributed by atoms with Crippen LogP contribution in [0.3, 0.4) is 0 Å². The number of hydrogen-bond donors (Lipinski definition) is 1. The Kier molecular flexibility index (Phi) is 6.23. The molecule has 30 heavy (non-hydrogen) atoms. The molecule has 1 fully saturated rings. The van der Waals surface area contributed by atoms with Gasteiger partial charge in [-0.2, -0.15) is 4.31 Å². The van der Waals surface area contributed by atoms with Crippen molar-refractivity contribution in [3.63, 3.8) is 0 Å². The molecule has 8 nitrogen and oxygen atoms in total. The van der Waals surface area contributed by atoms with Crippen LogP contribution < -0.4 is 5.32 Å². The van der Waals surface area contributed by atoms with Gasteiger partial charge in [0.2, 0.25) is 10.0 Å². The molecule has 3 rings (SSSR count). The molecule has 2 aromatic carbocycles. The van der Waals surface area contributed by atoms with E-state index in [0.29, 0.717) is 36.2 Å². The normalized spacial score (nSPS) is 20.0. The number of carbonyl (C=O) groups excluding carboxylic acids is 1. The lowest BCUT2D eigenvalue weighted by Crippen LogP contribution is -2.42. The van der Waals surface area contributed by atoms with E-state index in [0.717, 1.165) is 6.42 Å². The van der Waals surface area contributed by atoms with Crippen LogP contribution in [0.2, 0.25) is 0 Å². The van der Waals surface area contributed by atoms with Crippen molar-refractivity contribution >= 4 is 27.3 Å². The smallest absolute Gasteiger partial charge is 0.272 e. The van der Waals surface area contributed by atoms with Crippen LogP contribution in [0, 0.1) is 28.9 Å². The third kappa shape index (κ3) is 4.68. The van der Waals surface area contributed by atoms with Crippen LogP contribution in [-0.4, -0.2) is 36.6 Å². The van der Waals surface area contributed by atoms with Gasteiger partial charge in [-0.05, 0) is 61.6 Å². The molecular weight excluding hydrogens is 406 g/mol. The number of nitro groups is 1. The molecule has 0 unspecified atom stereocenters. The Morgan fingerprint density at radius 1 is 1.10 bits per heavy atom. The maximum Gasteiger partial charge on any atom is 0.272 e. The van der Waals surface area contributed by atoms with Gasteiger partial charge in [-0.3, -0.25) is 14.9 Å². The first-order chi connectivity index (χ1) is 14.1. The molecule has 1 aliphatic heterocycles. The Bertz CT molecular complexity index is 1060. The number of anilines is 1. The fraction of sp³-hybridized carbons (Fsp3) is 0.381. The summed E-state index contributed by atoms with van der Waals surface area (Å²) >= 11 is 0. The molecule has 0 aliphatic carbocycles. The number of nitro benzene ring substituents is 1. The second-order valence-electron chi connectivity index (χ2n) is 8.00. The van der Waals surface area contributed by atoms with Gasteiger partial charge in [0.1, 0.15) is 0 Å². The number of rotatable bonds is 5. The third-order valence-electron chi connectivity index (χ3n) is 5.24. The van der Waals surface area contributed by atoms with Crippen LogP contribution >= 0.6 is 0 Å². The molecule has 0 saturated carbocycles. The van der Waals surface area contributed by atoms with Gasteiger partial charge in [0, 0.05) is 36.0 Å². The quantitative estimate of drug-likeness (QED) is 0.572. The predicted octanol–water partition coefficient (Wildman–Crippen LogP) is 3.82. The second kappa shape index (κ2) is 8.53. The van der Waals surface area contributed by atoms with Crippen molar-refractivity contribution < 1.29 is 18.1 Å². The predicted molar refractivity (Wildman–Crippen MR) is 114 cm³/mol. The average molecular weight is 432 g/mol. The molecule has 1 heterocycles. The second-order valence-corrected chi connectivity index (χ2v) is 9.94. The van der Waals surface area contributed by atoms with Crippen molar-refractivity contribution in [2.75, 3.05) is 18.4 Å². The molecule has 1 aliphatic rings. The molecular formula is C21H25N3O5S. The summed E-state index contributed by atoms with van der Waals surface area (Å²) < 4.78 is 27.4. The Hall–Kier alpha value is -2.78. The van der Waals surface area contributed by atoms with E-state index in [4.69, 9.17) is 0 Å². The van der Waals surface area contributed by atoms with Crippen LogP contribution in [-0.2, 0) is 10.0 Å². The molecule has 1 N–H and O–H groups in total. The highest BCUT2D eigenvalue weighted by atomic mass is 32.2. The zero-order valence-corrected chi connectivity index (χ0v) is 18.0. The number of hydrogen-bond acceptors (Lipinski definition) is 5. The topological polar surface area (TPSA) is 110 Å². The lowest BCUT2D eigenvalue weighted by atomic mass is 9.94. The van der Waals surface area contributed by atoms with E-state index < -0.39 is 20.9 Å². The average Bonchev–Trinajstić information content (AvgIpc) is 2.67. The molecule has 2 aromatic rings. The van der Waals surface area contributed by atoms with E-state index in [2.05, 4.69) is 19.2 Å². The van der Waals surface area contributed by atoms with Crippen molar-refractivity contribution in [1.82, 2.24) is 4.31 Å². The number of amides is 1. The molecule has 1 amide bonds. The first-order valence-corrected chi connectivity index (χ1v) is 11.2. The number of nitrogens with zero attached hydrogens (tertiary/aromatic N) is 2. The lowest BCUT2D eigenvalue weighted by Gasteiger charge is -2.34. The number of carbonyl (C=O) groups is 1. The minimum Gasteiger partial charge on any atom is -0.322 e. The Labute approximate surface area is 176 Å². The summed E-state index contributed by atoms with van der Waals surface area (Å²) in [6.45, 7) is 6.68. The number of benzene rings is 2. The van der Waals surface area contributed by atoms with E-state index in [1.807, 2.05) is 0 Å². The highest BCUT2D eigenvalue weighted by Gasteiger charge is 2.31. The van der Waals surface area contributed by atoms with Gasteiger partial charge in [-0.1, -0.05) is 13.8 Å². The van der Waals surface area contributed by atoms with E-state index in [-0.39, 0.29) is 16.1 Å². The van der Waals surface area contributed by atoms with Gasteiger partial charge in [0.25, 0.3) is 11.6 Å². The van der Waals surface area contributed by atoms with Crippen molar-refractivity contribution in [3.8, 4) is 0 Å². The van der Waals surface area contributed by atoms with E-state index in [1.165, 1.54) is 34.6 Å². The van der Waals surface area contributed by atoms with Gasteiger partial charge in [0.15, 0.2) is 0 Å². The zero-order chi connectivity index (χ0) is 22.1. The van der Waals surface area contributed by atoms with Gasteiger partial charge in [0.05, 0.1) is 9.82 Å². The summed E-state index contributed by atoms with van der Waals surface area (Å²) in [7, 11) is -3.59. The summed E-state index contributed by atoms with van der Waals surface area (Å²) in [6.07, 6.45) is 1.01. The van der Waals surface area contributed by atoms with Crippen molar-refractivity contribution in [2.24, 2.45) is 11.8 Å². The van der Waals surface area contributed by atoms with Crippen LogP contribution in [0.5, 0.6) is 0 Å². The highest BCUT2D eigenvalue weighted by molar-refractivity contribution is 7.89. The summed E-state index contributed by atoms with van der Waals surface area (Å²) in [5.41, 5.74) is 1.06. The molecule has 0 aromatic heterocycles. The minimum atomic E-state index is -3.59. The third-order valence-corrected chi connectivity index (χ3v) is 7.09. The summed E-state index contributed by atoms with van der Waals surface area (Å²) in [5.74, 6) is 0.196. The number of piperidine rings is 1. The van der Waals surface area contributed by atoms with Crippen LogP contribution in [0.1, 0.15) is 36.2 Å². The molecule has 9 heteroatoms. The van der Waals surface area contributed by atoms with E-state index in [9.17, 15) is 23.3 Å². The molecule has 0 bridgehead atoms. The number of sulfonamides is 1. The maximum absolute atomic E-state index is 12.9. The highest BCUT2D eigenvalue weighted by Crippen LogP contribution is 2.27. The zero-order valence-electron chi connectivity index (χ0n) is 17.2. The molecule has 0 spiro atoms. The lowest BCUT2D eigenvalue weighted by molar-refractivity contribution is -0.385. The minimum absolute atomic E-state index is 0.0533. The molecule has 0 radical (unpaired) electrons. The summed E-state index contributed by atoms with van der Waals surface area (Å²) in [4.78, 5) is 23.0. The van der Waals surface area contributed by atoms with Crippen molar-refractivity contribution in [3.05, 3.63) is 63.7 Å². The SMILES string of the molecule is Cc1cc(C(=O)Nc2ccc(S(=O)(=O)N3C[C@H](C)C[C@@H](C)C3)cc2)ccc1[N+](=O)[O-]. The van der Waals surface area contributed by atoms with Gasteiger partial charge < -0.3 is 5.32 Å². The van der Waals surface area contributed by atoms with Gasteiger partial charge >= 0.3 is 0 Å². The first kappa shape index (κ1) is 21.9. The van der Waals surface area contributed by atoms with Crippen molar-refractivity contribution in [1.29, 1.82) is 0 Å². The molecule has 1 saturated heterocycles. The van der Waals surface area contributed by atoms with E-state index in [1.54, 1.807) is 19.1 Å². The first-order valence-electron chi connectivity index (χ1n) is 9.74. The Morgan fingerprint density at radius 3 is 2.23 bits per heavy atom. The fourth-order valence-electron chi connectivity index (χ4n) is 3.87. The van der Waals surface area contributed by atoms with Crippen LogP contribution in [0.25, 0.3) is 0 Å². The Morgan fingerprint density at radius 2 is 1.70 bits per heavy atom. The van der Waals surface area contributed by atoms with Crippen LogP contribution in [0.15, 0.2) is 47.4 Å². The maximum atomic E-state index is 12.9. The standard InChI is InChI=1S/C21H25N3O5S/c1-14-10-15(2)13-23(12-14)30(28,29)19-7-5-18(6-8-19)22-21(25)17-4-9-20(24(26)27)16(3)11-17/h4-9,11,14-15H,10,12-13H2,1-3H3,(H,22,25)/t14-,15-/m1/s1. The summed E-state index contributed by atoms with van der Waals surface area (Å²) in [6, 6.07) is 10.2. The van der Waals surface area contributed by atoms with Gasteiger partial charge in [-0.25, -0.2) is 8.42 Å². The summed E-state index contributed by atoms with van der Waals surface area (Å²) in [5, 5.41) is 13.6. The van der Waals surface area contributed by atoms with Gasteiger partial charge in [-0.15, -0.1) is 0 Å². The molecule has 2 atom stereocenters. The number of nitrogens with one attached hydrogen (secondary N) is 1. The van der Waals surface area contributed by atoms with E-state index >= 15 is 0 Å². The van der Waals surface area contributed by atoms with Crippen LogP contribution in [0.4, 0.5) is 11.4 Å². The Balaban J connectivity index is 1.73. The monoisotopic (exact) mass is 431 g/mol. The number of aryl methyl sites for hydroxylation is 1. The largest absolute Gasteiger partial charge is 0.322 e. The fourth-order valence-corrected chi connectivity index (χ4v) is 5.55.